The zero-order chi connectivity index (χ0) is 21.3. The van der Waals surface area contributed by atoms with E-state index in [0.29, 0.717) is 33.6 Å². The molecular formula is C23H25ClN4O2. The van der Waals surface area contributed by atoms with Gasteiger partial charge in [0.05, 0.1) is 23.4 Å². The highest BCUT2D eigenvalue weighted by Crippen LogP contribution is 2.33. The molecule has 1 N–H and O–H groups in total. The quantitative estimate of drug-likeness (QED) is 0.622. The molecule has 3 heterocycles. The number of hydrogen-bond acceptors (Lipinski definition) is 5. The van der Waals surface area contributed by atoms with Crippen LogP contribution in [0.2, 0.25) is 5.02 Å². The van der Waals surface area contributed by atoms with Crippen LogP contribution in [0.5, 0.6) is 5.75 Å². The molecule has 0 radical (unpaired) electrons. The molecule has 3 aromatic rings. The first-order valence-corrected chi connectivity index (χ1v) is 10.5. The Morgan fingerprint density at radius 1 is 1.30 bits per heavy atom. The Labute approximate surface area is 181 Å². The van der Waals surface area contributed by atoms with Crippen molar-refractivity contribution < 1.29 is 9.53 Å². The Kier molecular flexibility index (Phi) is 5.77. The van der Waals surface area contributed by atoms with Crippen LogP contribution >= 0.6 is 11.6 Å². The third-order valence-corrected chi connectivity index (χ3v) is 5.76. The lowest BCUT2D eigenvalue weighted by atomic mass is 9.99. The van der Waals surface area contributed by atoms with Crippen molar-refractivity contribution >= 4 is 39.9 Å². The van der Waals surface area contributed by atoms with E-state index in [1.807, 2.05) is 30.0 Å². The highest BCUT2D eigenvalue weighted by atomic mass is 35.5. The molecule has 156 valence electrons. The van der Waals surface area contributed by atoms with Crippen LogP contribution in [0.1, 0.15) is 35.8 Å². The van der Waals surface area contributed by atoms with Crippen molar-refractivity contribution in [2.24, 2.45) is 5.92 Å². The van der Waals surface area contributed by atoms with Gasteiger partial charge in [-0.1, -0.05) is 18.5 Å². The van der Waals surface area contributed by atoms with Crippen LogP contribution in [-0.4, -0.2) is 41.0 Å². The van der Waals surface area contributed by atoms with E-state index in [0.717, 1.165) is 42.7 Å². The Bertz CT molecular complexity index is 1100. The fourth-order valence-electron chi connectivity index (χ4n) is 3.90. The van der Waals surface area contributed by atoms with E-state index in [2.05, 4.69) is 22.2 Å². The summed E-state index contributed by atoms with van der Waals surface area (Å²) in [6.45, 7) is 5.63. The van der Waals surface area contributed by atoms with Gasteiger partial charge in [0.15, 0.2) is 5.65 Å². The van der Waals surface area contributed by atoms with Crippen molar-refractivity contribution in [1.29, 1.82) is 0 Å². The number of piperidine rings is 1. The number of pyridine rings is 2. The first-order chi connectivity index (χ1) is 14.5. The highest BCUT2D eigenvalue weighted by Gasteiger charge is 2.25. The van der Waals surface area contributed by atoms with E-state index in [9.17, 15) is 4.79 Å². The Balaban J connectivity index is 1.79. The highest BCUT2D eigenvalue weighted by molar-refractivity contribution is 6.32. The zero-order valence-electron chi connectivity index (χ0n) is 17.4. The molecule has 2 aromatic heterocycles. The van der Waals surface area contributed by atoms with Gasteiger partial charge in [-0.2, -0.15) is 0 Å². The fourth-order valence-corrected chi connectivity index (χ4v) is 4.16. The van der Waals surface area contributed by atoms with Gasteiger partial charge in [-0.15, -0.1) is 0 Å². The van der Waals surface area contributed by atoms with Crippen molar-refractivity contribution in [3.8, 4) is 5.75 Å². The standard InChI is InChI=1S/C23H25ClN4O2/c1-14-5-4-10-28(13-14)23(29)18-12-25-22-17(8-6-15(2)26-22)21(18)27-16-7-9-20(30-3)19(24)11-16/h6-9,11-12,14H,4-5,10,13H2,1-3H3,(H,25,26,27). The molecule has 1 amide bonds. The second-order valence-corrected chi connectivity index (χ2v) is 8.25. The average molecular weight is 425 g/mol. The molecule has 1 saturated heterocycles. The minimum absolute atomic E-state index is 0.0152. The predicted molar refractivity (Wildman–Crippen MR) is 120 cm³/mol. The first kappa shape index (κ1) is 20.4. The number of anilines is 2. The molecule has 0 spiro atoms. The van der Waals surface area contributed by atoms with Crippen LogP contribution in [-0.2, 0) is 0 Å². The minimum atomic E-state index is -0.0152. The number of hydrogen-bond donors (Lipinski definition) is 1. The summed E-state index contributed by atoms with van der Waals surface area (Å²) in [5, 5.41) is 4.68. The summed E-state index contributed by atoms with van der Waals surface area (Å²) in [6, 6.07) is 9.33. The van der Waals surface area contributed by atoms with E-state index >= 15 is 0 Å². The second kappa shape index (κ2) is 8.48. The van der Waals surface area contributed by atoms with E-state index in [-0.39, 0.29) is 5.91 Å². The number of carbonyl (C=O) groups is 1. The SMILES string of the molecule is COc1ccc(Nc2c(C(=O)N3CCCC(C)C3)cnc3nc(C)ccc23)cc1Cl. The maximum Gasteiger partial charge on any atom is 0.257 e. The van der Waals surface area contributed by atoms with Crippen molar-refractivity contribution in [2.45, 2.75) is 26.7 Å². The van der Waals surface area contributed by atoms with Crippen LogP contribution in [0.25, 0.3) is 11.0 Å². The molecular weight excluding hydrogens is 400 g/mol. The minimum Gasteiger partial charge on any atom is -0.495 e. The third kappa shape index (κ3) is 4.05. The van der Waals surface area contributed by atoms with Gasteiger partial charge in [0.25, 0.3) is 5.91 Å². The summed E-state index contributed by atoms with van der Waals surface area (Å²) in [5.41, 5.74) is 3.46. The number of methoxy groups -OCH3 is 1. The van der Waals surface area contributed by atoms with Crippen LogP contribution in [0.15, 0.2) is 36.5 Å². The zero-order valence-corrected chi connectivity index (χ0v) is 18.2. The van der Waals surface area contributed by atoms with Gasteiger partial charge >= 0.3 is 0 Å². The number of likely N-dealkylation sites (tertiary alicyclic amines) is 1. The summed E-state index contributed by atoms with van der Waals surface area (Å²) < 4.78 is 5.24. The lowest BCUT2D eigenvalue weighted by molar-refractivity contribution is 0.0684. The Hall–Kier alpha value is -2.86. The maximum atomic E-state index is 13.4. The van der Waals surface area contributed by atoms with Crippen molar-refractivity contribution in [3.05, 3.63) is 52.8 Å². The van der Waals surface area contributed by atoms with Gasteiger partial charge in [0.2, 0.25) is 0 Å². The largest absolute Gasteiger partial charge is 0.495 e. The number of benzene rings is 1. The van der Waals surface area contributed by atoms with Gasteiger partial charge in [-0.25, -0.2) is 9.97 Å². The summed E-state index contributed by atoms with van der Waals surface area (Å²) in [5.74, 6) is 1.08. The fraction of sp³-hybridized carbons (Fsp3) is 0.348. The first-order valence-electron chi connectivity index (χ1n) is 10.1. The normalized spacial score (nSPS) is 16.5. The van der Waals surface area contributed by atoms with Gasteiger partial charge < -0.3 is 15.0 Å². The lowest BCUT2D eigenvalue weighted by Crippen LogP contribution is -2.39. The molecule has 1 aliphatic heterocycles. The average Bonchev–Trinajstić information content (AvgIpc) is 2.73. The molecule has 0 aliphatic carbocycles. The smallest absolute Gasteiger partial charge is 0.257 e. The molecule has 1 aliphatic rings. The van der Waals surface area contributed by atoms with Gasteiger partial charge in [-0.05, 0) is 56.0 Å². The van der Waals surface area contributed by atoms with Gasteiger partial charge in [0, 0.05) is 36.1 Å². The lowest BCUT2D eigenvalue weighted by Gasteiger charge is -2.31. The summed E-state index contributed by atoms with van der Waals surface area (Å²) in [6.07, 6.45) is 3.80. The van der Waals surface area contributed by atoms with Crippen LogP contribution in [0.3, 0.4) is 0 Å². The van der Waals surface area contributed by atoms with E-state index in [4.69, 9.17) is 16.3 Å². The van der Waals surface area contributed by atoms with Crippen molar-refractivity contribution in [1.82, 2.24) is 14.9 Å². The number of aromatic nitrogens is 2. The molecule has 4 rings (SSSR count). The number of fused-ring (bicyclic) bond motifs is 1. The number of amides is 1. The van der Waals surface area contributed by atoms with Crippen LogP contribution in [0, 0.1) is 12.8 Å². The number of rotatable bonds is 4. The topological polar surface area (TPSA) is 67.3 Å². The summed E-state index contributed by atoms with van der Waals surface area (Å²) >= 11 is 6.31. The number of nitrogens with one attached hydrogen (secondary N) is 1. The Morgan fingerprint density at radius 2 is 2.13 bits per heavy atom. The molecule has 0 bridgehead atoms. The predicted octanol–water partition coefficient (Wildman–Crippen LogP) is 5.22. The molecule has 1 fully saturated rings. The molecule has 0 saturated carbocycles. The van der Waals surface area contributed by atoms with E-state index in [1.165, 1.54) is 0 Å². The third-order valence-electron chi connectivity index (χ3n) is 5.46. The van der Waals surface area contributed by atoms with Crippen LogP contribution < -0.4 is 10.1 Å². The number of ether oxygens (including phenoxy) is 1. The number of carbonyl (C=O) groups excluding carboxylic acids is 1. The maximum absolute atomic E-state index is 13.4. The van der Waals surface area contributed by atoms with Crippen molar-refractivity contribution in [3.63, 3.8) is 0 Å². The molecule has 7 heteroatoms. The second-order valence-electron chi connectivity index (χ2n) is 7.84. The molecule has 1 aromatic carbocycles. The van der Waals surface area contributed by atoms with Gasteiger partial charge in [-0.3, -0.25) is 4.79 Å². The van der Waals surface area contributed by atoms with E-state index < -0.39 is 0 Å². The monoisotopic (exact) mass is 424 g/mol. The van der Waals surface area contributed by atoms with Crippen molar-refractivity contribution in [2.75, 3.05) is 25.5 Å². The molecule has 1 unspecified atom stereocenters. The number of halogens is 1. The molecule has 1 atom stereocenters. The van der Waals surface area contributed by atoms with E-state index in [1.54, 1.807) is 25.4 Å². The van der Waals surface area contributed by atoms with Crippen LogP contribution in [0.4, 0.5) is 11.4 Å². The van der Waals surface area contributed by atoms with Gasteiger partial charge in [0.1, 0.15) is 5.75 Å². The summed E-state index contributed by atoms with van der Waals surface area (Å²) in [4.78, 5) is 24.3. The summed E-state index contributed by atoms with van der Waals surface area (Å²) in [7, 11) is 1.58. The Morgan fingerprint density at radius 3 is 2.87 bits per heavy atom. The number of nitrogens with zero attached hydrogens (tertiary/aromatic N) is 3. The number of aryl methyl sites for hydroxylation is 1. The molecule has 6 nitrogen and oxygen atoms in total. The molecule has 30 heavy (non-hydrogen) atoms.